The molecule has 2 aromatic rings. The summed E-state index contributed by atoms with van der Waals surface area (Å²) in [5.41, 5.74) is 1.36. The summed E-state index contributed by atoms with van der Waals surface area (Å²) in [6.45, 7) is 1.62. The monoisotopic (exact) mass is 387 g/mol. The van der Waals surface area contributed by atoms with Gasteiger partial charge in [0.2, 0.25) is 0 Å². The molecule has 8 heteroatoms. The molecule has 7 nitrogen and oxygen atoms in total. The van der Waals surface area contributed by atoms with Gasteiger partial charge in [-0.05, 0) is 43.5 Å². The van der Waals surface area contributed by atoms with Crippen LogP contribution in [0, 0.1) is 10.1 Å². The molecule has 0 bridgehead atoms. The highest BCUT2D eigenvalue weighted by molar-refractivity contribution is 6.30. The Morgan fingerprint density at radius 2 is 1.96 bits per heavy atom. The molecule has 0 aliphatic carbocycles. The van der Waals surface area contributed by atoms with Crippen molar-refractivity contribution in [2.75, 3.05) is 18.0 Å². The first-order valence-corrected chi connectivity index (χ1v) is 8.96. The van der Waals surface area contributed by atoms with Gasteiger partial charge in [0.1, 0.15) is 5.69 Å². The quantitative estimate of drug-likeness (QED) is 0.328. The number of carbonyl (C=O) groups excluding carboxylic acids is 1. The van der Waals surface area contributed by atoms with Gasteiger partial charge in [0.25, 0.3) is 5.69 Å². The van der Waals surface area contributed by atoms with E-state index in [0.717, 1.165) is 32.4 Å². The van der Waals surface area contributed by atoms with Gasteiger partial charge in [-0.3, -0.25) is 10.1 Å². The summed E-state index contributed by atoms with van der Waals surface area (Å²) in [6.07, 6.45) is 4.47. The SMILES string of the molecule is O=C(O/N=C/c1ccc(N2CCCCC2)c([N+](=O)[O-])c1)c1cccc(Cl)c1. The second kappa shape index (κ2) is 8.64. The molecule has 140 valence electrons. The molecule has 2 aromatic carbocycles. The number of oxime groups is 1. The van der Waals surface area contributed by atoms with Gasteiger partial charge in [0, 0.05) is 29.7 Å². The molecule has 0 atom stereocenters. The third kappa shape index (κ3) is 4.83. The van der Waals surface area contributed by atoms with E-state index in [4.69, 9.17) is 16.4 Å². The third-order valence-corrected chi connectivity index (χ3v) is 4.53. The maximum absolute atomic E-state index is 11.9. The lowest BCUT2D eigenvalue weighted by Gasteiger charge is -2.28. The minimum Gasteiger partial charge on any atom is -0.366 e. The first-order valence-electron chi connectivity index (χ1n) is 8.58. The zero-order chi connectivity index (χ0) is 19.2. The summed E-state index contributed by atoms with van der Waals surface area (Å²) in [7, 11) is 0. The molecule has 1 saturated heterocycles. The second-order valence-electron chi connectivity index (χ2n) is 6.18. The van der Waals surface area contributed by atoms with Crippen LogP contribution in [0.1, 0.15) is 35.2 Å². The lowest BCUT2D eigenvalue weighted by molar-refractivity contribution is -0.384. The number of carbonyl (C=O) groups is 1. The Bertz CT molecular complexity index is 879. The van der Waals surface area contributed by atoms with Crippen LogP contribution in [0.4, 0.5) is 11.4 Å². The van der Waals surface area contributed by atoms with Crippen molar-refractivity contribution in [3.05, 3.63) is 68.7 Å². The molecule has 1 heterocycles. The van der Waals surface area contributed by atoms with Crippen molar-refractivity contribution in [1.29, 1.82) is 0 Å². The maximum atomic E-state index is 11.9. The number of nitro groups is 1. The van der Waals surface area contributed by atoms with Crippen LogP contribution in [-0.2, 0) is 4.84 Å². The Hall–Kier alpha value is -2.93. The second-order valence-corrected chi connectivity index (χ2v) is 6.61. The first kappa shape index (κ1) is 18.8. The van der Waals surface area contributed by atoms with E-state index in [2.05, 4.69) is 5.16 Å². The first-order chi connectivity index (χ1) is 13.0. The lowest BCUT2D eigenvalue weighted by atomic mass is 10.1. The fourth-order valence-electron chi connectivity index (χ4n) is 2.97. The highest BCUT2D eigenvalue weighted by atomic mass is 35.5. The van der Waals surface area contributed by atoms with Crippen LogP contribution in [0.15, 0.2) is 47.6 Å². The summed E-state index contributed by atoms with van der Waals surface area (Å²) in [5.74, 6) is -0.659. The van der Waals surface area contributed by atoms with Gasteiger partial charge >= 0.3 is 5.97 Å². The largest absolute Gasteiger partial charge is 0.366 e. The third-order valence-electron chi connectivity index (χ3n) is 4.29. The molecule has 0 saturated carbocycles. The topological polar surface area (TPSA) is 85.0 Å². The van der Waals surface area contributed by atoms with Crippen molar-refractivity contribution in [2.45, 2.75) is 19.3 Å². The number of benzene rings is 2. The van der Waals surface area contributed by atoms with Crippen molar-refractivity contribution in [2.24, 2.45) is 5.16 Å². The van der Waals surface area contributed by atoms with E-state index >= 15 is 0 Å². The van der Waals surface area contributed by atoms with Gasteiger partial charge in [-0.2, -0.15) is 0 Å². The molecule has 0 amide bonds. The van der Waals surface area contributed by atoms with Crippen LogP contribution < -0.4 is 4.90 Å². The van der Waals surface area contributed by atoms with Crippen LogP contribution in [0.2, 0.25) is 5.02 Å². The van der Waals surface area contributed by atoms with Gasteiger partial charge in [-0.15, -0.1) is 0 Å². The minimum atomic E-state index is -0.659. The van der Waals surface area contributed by atoms with E-state index in [1.807, 2.05) is 4.90 Å². The number of hydrogen-bond donors (Lipinski definition) is 0. The predicted molar refractivity (Wildman–Crippen MR) is 104 cm³/mol. The number of nitro benzene ring substituents is 1. The van der Waals surface area contributed by atoms with Crippen LogP contribution >= 0.6 is 11.6 Å². The van der Waals surface area contributed by atoms with Crippen molar-refractivity contribution in [3.8, 4) is 0 Å². The van der Waals surface area contributed by atoms with Crippen LogP contribution in [0.3, 0.4) is 0 Å². The van der Waals surface area contributed by atoms with E-state index in [1.165, 1.54) is 18.3 Å². The van der Waals surface area contributed by atoms with E-state index < -0.39 is 10.9 Å². The summed E-state index contributed by atoms with van der Waals surface area (Å²) < 4.78 is 0. The molecule has 0 spiro atoms. The molecule has 1 fully saturated rings. The van der Waals surface area contributed by atoms with Gasteiger partial charge in [-0.1, -0.05) is 28.9 Å². The van der Waals surface area contributed by atoms with Crippen molar-refractivity contribution in [1.82, 2.24) is 0 Å². The summed E-state index contributed by atoms with van der Waals surface area (Å²) >= 11 is 5.83. The number of nitrogens with zero attached hydrogens (tertiary/aromatic N) is 3. The molecule has 0 unspecified atom stereocenters. The number of anilines is 1. The van der Waals surface area contributed by atoms with Gasteiger partial charge in [0.05, 0.1) is 16.7 Å². The minimum absolute atomic E-state index is 0.0158. The number of halogens is 1. The Morgan fingerprint density at radius 3 is 2.67 bits per heavy atom. The average molecular weight is 388 g/mol. The fraction of sp³-hybridized carbons (Fsp3) is 0.263. The average Bonchev–Trinajstić information content (AvgIpc) is 2.68. The fourth-order valence-corrected chi connectivity index (χ4v) is 3.16. The maximum Gasteiger partial charge on any atom is 0.365 e. The molecule has 1 aliphatic heterocycles. The predicted octanol–water partition coefficient (Wildman–Crippen LogP) is 4.43. The summed E-state index contributed by atoms with van der Waals surface area (Å²) in [4.78, 5) is 29.8. The van der Waals surface area contributed by atoms with Gasteiger partial charge in [0.15, 0.2) is 0 Å². The van der Waals surface area contributed by atoms with Crippen LogP contribution in [-0.4, -0.2) is 30.2 Å². The smallest absolute Gasteiger partial charge is 0.365 e. The molecular weight excluding hydrogens is 370 g/mol. The number of piperidine rings is 1. The van der Waals surface area contributed by atoms with Crippen molar-refractivity contribution < 1.29 is 14.6 Å². The zero-order valence-corrected chi connectivity index (χ0v) is 15.3. The Morgan fingerprint density at radius 1 is 1.19 bits per heavy atom. The van der Waals surface area contributed by atoms with Crippen LogP contribution in [0.25, 0.3) is 0 Å². The van der Waals surface area contributed by atoms with E-state index in [-0.39, 0.29) is 11.3 Å². The molecule has 27 heavy (non-hydrogen) atoms. The molecule has 0 radical (unpaired) electrons. The Labute approximate surface area is 161 Å². The highest BCUT2D eigenvalue weighted by Gasteiger charge is 2.21. The Balaban J connectivity index is 1.73. The Kier molecular flexibility index (Phi) is 6.03. The zero-order valence-electron chi connectivity index (χ0n) is 14.5. The van der Waals surface area contributed by atoms with Crippen LogP contribution in [0.5, 0.6) is 0 Å². The standard InChI is InChI=1S/C19H18ClN3O4/c20-16-6-4-5-15(12-16)19(24)27-21-13-14-7-8-17(18(11-14)23(25)26)22-9-2-1-3-10-22/h4-8,11-13H,1-3,9-10H2/b21-13+. The van der Waals surface area contributed by atoms with E-state index in [0.29, 0.717) is 16.3 Å². The number of rotatable bonds is 5. The molecule has 1 aliphatic rings. The van der Waals surface area contributed by atoms with Gasteiger partial charge in [-0.25, -0.2) is 4.79 Å². The lowest BCUT2D eigenvalue weighted by Crippen LogP contribution is -2.29. The van der Waals surface area contributed by atoms with Crippen molar-refractivity contribution >= 4 is 35.2 Å². The summed E-state index contributed by atoms with van der Waals surface area (Å²) in [6, 6.07) is 11.2. The highest BCUT2D eigenvalue weighted by Crippen LogP contribution is 2.31. The molecular formula is C19H18ClN3O4. The van der Waals surface area contributed by atoms with E-state index in [9.17, 15) is 14.9 Å². The van der Waals surface area contributed by atoms with Crippen molar-refractivity contribution in [3.63, 3.8) is 0 Å². The molecule has 0 aromatic heterocycles. The molecule has 0 N–H and O–H groups in total. The van der Waals surface area contributed by atoms with Gasteiger partial charge < -0.3 is 9.74 Å². The van der Waals surface area contributed by atoms with E-state index in [1.54, 1.807) is 30.3 Å². The molecule has 3 rings (SSSR count). The normalized spacial score (nSPS) is 14.3. The number of hydrogen-bond acceptors (Lipinski definition) is 6. The summed E-state index contributed by atoms with van der Waals surface area (Å²) in [5, 5.41) is 15.5.